The van der Waals surface area contributed by atoms with Crippen molar-refractivity contribution in [3.8, 4) is 0 Å². The summed E-state index contributed by atoms with van der Waals surface area (Å²) in [4.78, 5) is 8.83. The SMILES string of the molecule is C=C(Nc1cnnc(Nc2ccc(C=NCC)c(C)c2)n1)c1ccccc1NCCC. The molecule has 3 rings (SSSR count). The zero-order chi connectivity index (χ0) is 22.1. The number of nitrogens with one attached hydrogen (secondary N) is 3. The van der Waals surface area contributed by atoms with E-state index in [1.165, 1.54) is 0 Å². The first-order chi connectivity index (χ1) is 15.1. The molecule has 0 unspecified atom stereocenters. The van der Waals surface area contributed by atoms with Gasteiger partial charge in [0.2, 0.25) is 5.95 Å². The van der Waals surface area contributed by atoms with Crippen LogP contribution in [-0.4, -0.2) is 34.5 Å². The topological polar surface area (TPSA) is 87.1 Å². The van der Waals surface area contributed by atoms with Crippen LogP contribution in [0, 0.1) is 6.92 Å². The van der Waals surface area contributed by atoms with Gasteiger partial charge in [0.15, 0.2) is 5.82 Å². The standard InChI is InChI=1S/C24H29N7/c1-5-13-26-22-10-8-7-9-21(22)18(4)28-23-16-27-31-24(30-23)29-20-12-11-19(15-25-6-2)17(3)14-20/h7-12,14-16,26H,4-6,13H2,1-3H3,(H2,28,29,30,31). The van der Waals surface area contributed by atoms with Crippen molar-refractivity contribution in [1.82, 2.24) is 15.2 Å². The summed E-state index contributed by atoms with van der Waals surface area (Å²) in [5, 5.41) is 18.0. The van der Waals surface area contributed by atoms with Gasteiger partial charge in [-0.25, -0.2) is 0 Å². The van der Waals surface area contributed by atoms with E-state index in [0.717, 1.165) is 53.3 Å². The lowest BCUT2D eigenvalue weighted by Crippen LogP contribution is -2.07. The summed E-state index contributed by atoms with van der Waals surface area (Å²) < 4.78 is 0. The molecule has 0 saturated heterocycles. The van der Waals surface area contributed by atoms with Gasteiger partial charge in [0.05, 0.1) is 6.20 Å². The normalized spacial score (nSPS) is 10.8. The van der Waals surface area contributed by atoms with Gasteiger partial charge in [0.25, 0.3) is 0 Å². The second kappa shape index (κ2) is 10.9. The molecule has 7 heteroatoms. The van der Waals surface area contributed by atoms with Crippen LogP contribution < -0.4 is 16.0 Å². The van der Waals surface area contributed by atoms with Gasteiger partial charge >= 0.3 is 0 Å². The number of hydrogen-bond acceptors (Lipinski definition) is 7. The van der Waals surface area contributed by atoms with Crippen LogP contribution in [0.1, 0.15) is 37.0 Å². The Morgan fingerprint density at radius 3 is 2.77 bits per heavy atom. The maximum atomic E-state index is 4.52. The third-order valence-electron chi connectivity index (χ3n) is 4.59. The monoisotopic (exact) mass is 415 g/mol. The van der Waals surface area contributed by atoms with E-state index in [1.54, 1.807) is 6.20 Å². The molecular weight excluding hydrogens is 386 g/mol. The van der Waals surface area contributed by atoms with E-state index in [4.69, 9.17) is 0 Å². The molecule has 160 valence electrons. The number of aliphatic imine (C=N–C) groups is 1. The number of hydrogen-bond donors (Lipinski definition) is 3. The van der Waals surface area contributed by atoms with Crippen molar-refractivity contribution in [2.24, 2.45) is 4.99 Å². The van der Waals surface area contributed by atoms with Gasteiger partial charge in [-0.1, -0.05) is 37.8 Å². The van der Waals surface area contributed by atoms with Crippen molar-refractivity contribution in [2.75, 3.05) is 29.0 Å². The Morgan fingerprint density at radius 1 is 1.16 bits per heavy atom. The highest BCUT2D eigenvalue weighted by atomic mass is 15.3. The predicted octanol–water partition coefficient (Wildman–Crippen LogP) is 5.27. The fourth-order valence-corrected chi connectivity index (χ4v) is 3.02. The predicted molar refractivity (Wildman–Crippen MR) is 130 cm³/mol. The van der Waals surface area contributed by atoms with Gasteiger partial charge < -0.3 is 16.0 Å². The van der Waals surface area contributed by atoms with Crippen LogP contribution in [0.15, 0.2) is 60.2 Å². The highest BCUT2D eigenvalue weighted by Crippen LogP contribution is 2.24. The minimum atomic E-state index is 0.407. The molecule has 2 aromatic carbocycles. The lowest BCUT2D eigenvalue weighted by Gasteiger charge is -2.15. The van der Waals surface area contributed by atoms with E-state index in [2.05, 4.69) is 49.6 Å². The molecular formula is C24H29N7. The van der Waals surface area contributed by atoms with Gasteiger partial charge in [0, 0.05) is 41.9 Å². The molecule has 0 atom stereocenters. The zero-order valence-corrected chi connectivity index (χ0v) is 18.3. The van der Waals surface area contributed by atoms with Crippen LogP contribution in [-0.2, 0) is 0 Å². The van der Waals surface area contributed by atoms with Crippen LogP contribution in [0.3, 0.4) is 0 Å². The van der Waals surface area contributed by atoms with Gasteiger partial charge in [-0.2, -0.15) is 10.1 Å². The van der Waals surface area contributed by atoms with Crippen molar-refractivity contribution in [1.29, 1.82) is 0 Å². The molecule has 7 nitrogen and oxygen atoms in total. The quantitative estimate of drug-likeness (QED) is 0.391. The molecule has 0 radical (unpaired) electrons. The molecule has 0 aliphatic heterocycles. The molecule has 1 heterocycles. The number of aromatic nitrogens is 3. The minimum Gasteiger partial charge on any atom is -0.385 e. The minimum absolute atomic E-state index is 0.407. The van der Waals surface area contributed by atoms with Gasteiger partial charge in [-0.3, -0.25) is 4.99 Å². The molecule has 31 heavy (non-hydrogen) atoms. The molecule has 0 saturated carbocycles. The summed E-state index contributed by atoms with van der Waals surface area (Å²) in [5.41, 5.74) is 5.86. The van der Waals surface area contributed by atoms with Crippen LogP contribution in [0.25, 0.3) is 5.70 Å². The highest BCUT2D eigenvalue weighted by molar-refractivity contribution is 5.83. The van der Waals surface area contributed by atoms with Gasteiger partial charge in [-0.05, 0) is 49.6 Å². The first-order valence-corrected chi connectivity index (χ1v) is 10.5. The number of nitrogens with zero attached hydrogens (tertiary/aromatic N) is 4. The lowest BCUT2D eigenvalue weighted by atomic mass is 10.1. The largest absolute Gasteiger partial charge is 0.385 e. The van der Waals surface area contributed by atoms with Gasteiger partial charge in [0.1, 0.15) is 0 Å². The summed E-state index contributed by atoms with van der Waals surface area (Å²) in [7, 11) is 0. The Balaban J connectivity index is 1.72. The first-order valence-electron chi connectivity index (χ1n) is 10.5. The molecule has 0 fully saturated rings. The lowest BCUT2D eigenvalue weighted by molar-refractivity contribution is 0.978. The maximum Gasteiger partial charge on any atom is 0.249 e. The van der Waals surface area contributed by atoms with Crippen molar-refractivity contribution in [2.45, 2.75) is 27.2 Å². The van der Waals surface area contributed by atoms with E-state index in [9.17, 15) is 0 Å². The van der Waals surface area contributed by atoms with E-state index >= 15 is 0 Å². The third kappa shape index (κ3) is 6.12. The fraction of sp³-hybridized carbons (Fsp3) is 0.250. The van der Waals surface area contributed by atoms with Crippen molar-refractivity contribution in [3.63, 3.8) is 0 Å². The molecule has 3 N–H and O–H groups in total. The van der Waals surface area contributed by atoms with Crippen LogP contribution in [0.2, 0.25) is 0 Å². The summed E-state index contributed by atoms with van der Waals surface area (Å²) in [5.74, 6) is 0.973. The second-order valence-corrected chi connectivity index (χ2v) is 7.07. The van der Waals surface area contributed by atoms with E-state index < -0.39 is 0 Å². The Morgan fingerprint density at radius 2 is 2.00 bits per heavy atom. The van der Waals surface area contributed by atoms with Crippen LogP contribution >= 0.6 is 0 Å². The Labute approximate surface area is 183 Å². The average molecular weight is 416 g/mol. The molecule has 3 aromatic rings. The van der Waals surface area contributed by atoms with Crippen molar-refractivity contribution < 1.29 is 0 Å². The number of benzene rings is 2. The van der Waals surface area contributed by atoms with Crippen molar-refractivity contribution >= 4 is 35.1 Å². The van der Waals surface area contributed by atoms with Crippen molar-refractivity contribution in [3.05, 3.63) is 71.9 Å². The summed E-state index contributed by atoms with van der Waals surface area (Å²) in [6, 6.07) is 14.1. The van der Waals surface area contributed by atoms with Gasteiger partial charge in [-0.15, -0.1) is 5.10 Å². The summed E-state index contributed by atoms with van der Waals surface area (Å²) >= 11 is 0. The van der Waals surface area contributed by atoms with E-state index in [1.807, 2.05) is 62.5 Å². The Bertz CT molecular complexity index is 1060. The molecule has 0 spiro atoms. The Hall–Kier alpha value is -3.74. The number of aryl methyl sites for hydroxylation is 1. The molecule has 0 bridgehead atoms. The number of para-hydroxylation sites is 1. The first kappa shape index (κ1) is 22.0. The van der Waals surface area contributed by atoms with Crippen LogP contribution in [0.4, 0.5) is 23.1 Å². The molecule has 1 aromatic heterocycles. The fourth-order valence-electron chi connectivity index (χ4n) is 3.02. The highest BCUT2D eigenvalue weighted by Gasteiger charge is 2.08. The maximum absolute atomic E-state index is 4.52. The number of rotatable bonds is 10. The summed E-state index contributed by atoms with van der Waals surface area (Å²) in [6.07, 6.45) is 4.51. The van der Waals surface area contributed by atoms with Crippen LogP contribution in [0.5, 0.6) is 0 Å². The second-order valence-electron chi connectivity index (χ2n) is 7.07. The third-order valence-corrected chi connectivity index (χ3v) is 4.59. The Kier molecular flexibility index (Phi) is 7.70. The number of anilines is 4. The van der Waals surface area contributed by atoms with E-state index in [-0.39, 0.29) is 0 Å². The average Bonchev–Trinajstić information content (AvgIpc) is 2.77. The summed E-state index contributed by atoms with van der Waals surface area (Å²) in [6.45, 7) is 12.0. The van der Waals surface area contributed by atoms with E-state index in [0.29, 0.717) is 11.8 Å². The molecule has 0 amide bonds. The molecule has 0 aliphatic rings. The smallest absolute Gasteiger partial charge is 0.249 e. The molecule has 0 aliphatic carbocycles. The zero-order valence-electron chi connectivity index (χ0n) is 18.3.